The van der Waals surface area contributed by atoms with Crippen LogP contribution in [0.3, 0.4) is 0 Å². The predicted molar refractivity (Wildman–Crippen MR) is 123 cm³/mol. The number of hydrogen-bond donors (Lipinski definition) is 2. The van der Waals surface area contributed by atoms with Gasteiger partial charge in [-0.05, 0) is 55.7 Å². The van der Waals surface area contributed by atoms with Crippen molar-refractivity contribution in [2.24, 2.45) is 0 Å². The first-order valence-corrected chi connectivity index (χ1v) is 10.9. The number of amides is 3. The Labute approximate surface area is 191 Å². The molecule has 2 aromatic rings. The van der Waals surface area contributed by atoms with Crippen molar-refractivity contribution >= 4 is 40.7 Å². The Bertz CT molecular complexity index is 1120. The number of ether oxygens (including phenoxy) is 1. The van der Waals surface area contributed by atoms with Gasteiger partial charge in [-0.15, -0.1) is 0 Å². The minimum atomic E-state index is -0.641. The summed E-state index contributed by atoms with van der Waals surface area (Å²) in [5.74, 6) is -1.02. The van der Waals surface area contributed by atoms with Gasteiger partial charge in [0.15, 0.2) is 0 Å². The van der Waals surface area contributed by atoms with Crippen LogP contribution in [-0.2, 0) is 9.59 Å². The van der Waals surface area contributed by atoms with Gasteiger partial charge in [0.25, 0.3) is 17.7 Å². The first-order chi connectivity index (χ1) is 15.4. The Balaban J connectivity index is 1.56. The van der Waals surface area contributed by atoms with Gasteiger partial charge in [-0.2, -0.15) is 0 Å². The van der Waals surface area contributed by atoms with E-state index in [9.17, 15) is 14.4 Å². The van der Waals surface area contributed by atoms with Crippen molar-refractivity contribution in [2.75, 3.05) is 17.3 Å². The van der Waals surface area contributed by atoms with E-state index in [2.05, 4.69) is 10.6 Å². The molecule has 166 valence electrons. The quantitative estimate of drug-likeness (QED) is 0.642. The van der Waals surface area contributed by atoms with Crippen LogP contribution < -0.4 is 20.3 Å². The summed E-state index contributed by atoms with van der Waals surface area (Å²) in [4.78, 5) is 39.5. The van der Waals surface area contributed by atoms with E-state index < -0.39 is 11.8 Å². The number of rotatable bonds is 6. The first-order valence-electron chi connectivity index (χ1n) is 10.5. The summed E-state index contributed by atoms with van der Waals surface area (Å²) < 4.78 is 5.32. The maximum Gasteiger partial charge on any atom is 0.283 e. The Morgan fingerprint density at radius 3 is 2.56 bits per heavy atom. The van der Waals surface area contributed by atoms with Crippen molar-refractivity contribution in [3.05, 3.63) is 64.3 Å². The van der Waals surface area contributed by atoms with E-state index in [0.29, 0.717) is 22.7 Å². The summed E-state index contributed by atoms with van der Waals surface area (Å²) in [5.41, 5.74) is 2.08. The van der Waals surface area contributed by atoms with Crippen molar-refractivity contribution in [3.63, 3.8) is 0 Å². The Morgan fingerprint density at radius 1 is 1.09 bits per heavy atom. The molecule has 1 aliphatic heterocycles. The van der Waals surface area contributed by atoms with Crippen molar-refractivity contribution < 1.29 is 19.1 Å². The molecule has 0 saturated heterocycles. The van der Waals surface area contributed by atoms with Crippen LogP contribution in [0.25, 0.3) is 0 Å². The number of halogens is 1. The second-order valence-electron chi connectivity index (χ2n) is 7.97. The molecule has 1 saturated carbocycles. The monoisotopic (exact) mass is 453 g/mol. The highest BCUT2D eigenvalue weighted by molar-refractivity contribution is 6.53. The first kappa shape index (κ1) is 21.9. The van der Waals surface area contributed by atoms with E-state index in [4.69, 9.17) is 16.3 Å². The van der Waals surface area contributed by atoms with Crippen LogP contribution in [0.15, 0.2) is 53.2 Å². The zero-order chi connectivity index (χ0) is 22.8. The lowest BCUT2D eigenvalue weighted by Gasteiger charge is -2.18. The summed E-state index contributed by atoms with van der Waals surface area (Å²) in [7, 11) is 1.47. The lowest BCUT2D eigenvalue weighted by atomic mass is 10.1. The number of carbonyl (C=O) groups is 3. The van der Waals surface area contributed by atoms with Crippen LogP contribution in [0.4, 0.5) is 11.4 Å². The smallest absolute Gasteiger partial charge is 0.283 e. The van der Waals surface area contributed by atoms with Gasteiger partial charge in [-0.3, -0.25) is 14.4 Å². The van der Waals surface area contributed by atoms with Crippen molar-refractivity contribution in [1.29, 1.82) is 0 Å². The van der Waals surface area contributed by atoms with Gasteiger partial charge in [-0.1, -0.05) is 36.6 Å². The molecule has 0 atom stereocenters. The molecule has 1 aliphatic carbocycles. The number of imide groups is 1. The fourth-order valence-electron chi connectivity index (χ4n) is 4.03. The molecule has 0 bridgehead atoms. The second-order valence-corrected chi connectivity index (χ2v) is 8.35. The third kappa shape index (κ3) is 4.21. The summed E-state index contributed by atoms with van der Waals surface area (Å²) in [5, 5.41) is 5.74. The molecule has 0 spiro atoms. The average Bonchev–Trinajstić information content (AvgIpc) is 3.36. The van der Waals surface area contributed by atoms with Crippen molar-refractivity contribution in [1.82, 2.24) is 5.32 Å². The van der Waals surface area contributed by atoms with E-state index in [-0.39, 0.29) is 22.7 Å². The Hall–Kier alpha value is -3.32. The van der Waals surface area contributed by atoms with Crippen molar-refractivity contribution in [2.45, 2.75) is 38.6 Å². The van der Waals surface area contributed by atoms with E-state index in [1.54, 1.807) is 36.4 Å². The molecule has 2 aliphatic rings. The van der Waals surface area contributed by atoms with Crippen LogP contribution in [0.5, 0.6) is 5.75 Å². The molecule has 1 heterocycles. The maximum absolute atomic E-state index is 13.1. The largest absolute Gasteiger partial charge is 0.495 e. The van der Waals surface area contributed by atoms with Crippen LogP contribution >= 0.6 is 11.6 Å². The molecule has 2 aromatic carbocycles. The molecule has 32 heavy (non-hydrogen) atoms. The van der Waals surface area contributed by atoms with E-state index >= 15 is 0 Å². The number of anilines is 2. The third-order valence-corrected chi connectivity index (χ3v) is 6.04. The summed E-state index contributed by atoms with van der Waals surface area (Å²) in [6.07, 6.45) is 4.22. The molecule has 0 unspecified atom stereocenters. The molecule has 8 heteroatoms. The Kier molecular flexibility index (Phi) is 6.19. The van der Waals surface area contributed by atoms with Gasteiger partial charge >= 0.3 is 0 Å². The lowest BCUT2D eigenvalue weighted by Crippen LogP contribution is -2.33. The standard InChI is InChI=1S/C24H24ClN3O4/c1-14-10-11-19(32-2)18(12-14)28-23(30)20(25)21(24(28)31)26-17-9-5-6-15(13-17)22(29)27-16-7-3-4-8-16/h5-6,9-13,16,26H,3-4,7-8H2,1-2H3,(H,27,29). The third-order valence-electron chi connectivity index (χ3n) is 5.69. The highest BCUT2D eigenvalue weighted by Crippen LogP contribution is 2.36. The number of hydrogen-bond acceptors (Lipinski definition) is 5. The fraction of sp³-hybridized carbons (Fsp3) is 0.292. The molecule has 0 aromatic heterocycles. The fourth-order valence-corrected chi connectivity index (χ4v) is 4.24. The van der Waals surface area contributed by atoms with E-state index in [1.807, 2.05) is 13.0 Å². The molecule has 0 radical (unpaired) electrons. The molecule has 7 nitrogen and oxygen atoms in total. The van der Waals surface area contributed by atoms with Gasteiger partial charge < -0.3 is 15.4 Å². The van der Waals surface area contributed by atoms with Gasteiger partial charge in [0, 0.05) is 17.3 Å². The number of nitrogens with one attached hydrogen (secondary N) is 2. The van der Waals surface area contributed by atoms with E-state index in [1.165, 1.54) is 7.11 Å². The summed E-state index contributed by atoms with van der Waals surface area (Å²) >= 11 is 6.25. The molecular weight excluding hydrogens is 430 g/mol. The molecule has 3 amide bonds. The number of aryl methyl sites for hydroxylation is 1. The normalized spacial score (nSPS) is 16.7. The highest BCUT2D eigenvalue weighted by Gasteiger charge is 2.40. The second kappa shape index (κ2) is 9.04. The van der Waals surface area contributed by atoms with Crippen LogP contribution in [0.1, 0.15) is 41.6 Å². The SMILES string of the molecule is COc1ccc(C)cc1N1C(=O)C(Cl)=C(Nc2cccc(C(=O)NC3CCCC3)c2)C1=O. The minimum absolute atomic E-state index is 0.0476. The van der Waals surface area contributed by atoms with Gasteiger partial charge in [0.1, 0.15) is 16.5 Å². The number of nitrogens with zero attached hydrogens (tertiary/aromatic N) is 1. The number of benzene rings is 2. The molecule has 2 N–H and O–H groups in total. The highest BCUT2D eigenvalue weighted by atomic mass is 35.5. The summed E-state index contributed by atoms with van der Waals surface area (Å²) in [6.45, 7) is 1.85. The number of carbonyl (C=O) groups excluding carboxylic acids is 3. The van der Waals surface area contributed by atoms with Crippen LogP contribution in [0, 0.1) is 6.92 Å². The van der Waals surface area contributed by atoms with Gasteiger partial charge in [-0.25, -0.2) is 4.90 Å². The average molecular weight is 454 g/mol. The predicted octanol–water partition coefficient (Wildman–Crippen LogP) is 4.11. The molecule has 1 fully saturated rings. The van der Waals surface area contributed by atoms with Crippen LogP contribution in [0.2, 0.25) is 0 Å². The van der Waals surface area contributed by atoms with Gasteiger partial charge in [0.2, 0.25) is 0 Å². The molecule has 4 rings (SSSR count). The zero-order valence-corrected chi connectivity index (χ0v) is 18.7. The topological polar surface area (TPSA) is 87.7 Å². The van der Waals surface area contributed by atoms with Crippen molar-refractivity contribution in [3.8, 4) is 5.75 Å². The minimum Gasteiger partial charge on any atom is -0.495 e. The molecular formula is C24H24ClN3O4. The van der Waals surface area contributed by atoms with Crippen LogP contribution in [-0.4, -0.2) is 30.9 Å². The van der Waals surface area contributed by atoms with Gasteiger partial charge in [0.05, 0.1) is 12.8 Å². The lowest BCUT2D eigenvalue weighted by molar-refractivity contribution is -0.120. The summed E-state index contributed by atoms with van der Waals surface area (Å²) in [6, 6.07) is 12.2. The number of methoxy groups -OCH3 is 1. The van der Waals surface area contributed by atoms with E-state index in [0.717, 1.165) is 36.1 Å². The zero-order valence-electron chi connectivity index (χ0n) is 17.9. The maximum atomic E-state index is 13.1. The Morgan fingerprint density at radius 2 is 1.84 bits per heavy atom.